The van der Waals surface area contributed by atoms with Crippen LogP contribution in [-0.4, -0.2) is 38.0 Å². The van der Waals surface area contributed by atoms with Crippen LogP contribution in [-0.2, 0) is 13.1 Å². The summed E-state index contributed by atoms with van der Waals surface area (Å²) < 4.78 is 0. The van der Waals surface area contributed by atoms with Crippen LogP contribution in [0.5, 0.6) is 0 Å². The first-order valence-electron chi connectivity index (χ1n) is 4.49. The zero-order chi connectivity index (χ0) is 9.84. The Morgan fingerprint density at radius 1 is 0.929 bits per heavy atom. The van der Waals surface area contributed by atoms with Gasteiger partial charge in [-0.05, 0) is 28.2 Å². The van der Waals surface area contributed by atoms with Crippen LogP contribution in [0.4, 0.5) is 0 Å². The van der Waals surface area contributed by atoms with Gasteiger partial charge < -0.3 is 14.8 Å². The molecule has 1 aromatic heterocycles. The van der Waals surface area contributed by atoms with Crippen LogP contribution in [0.25, 0.3) is 0 Å². The maximum atomic E-state index is 4.51. The smallest absolute Gasteiger partial charge is 0.663 e. The average Bonchev–Trinajstić information content (AvgIpc) is 2.33. The standard InChI is InChI=1S/C10H18N3.Li/c1-12(2)7-9-5-6-10(11-9)8-13(3)4;/h5-6H,7-8H2,1-4H3;/q-1;+1. The van der Waals surface area contributed by atoms with Gasteiger partial charge in [0.1, 0.15) is 0 Å². The van der Waals surface area contributed by atoms with Crippen LogP contribution in [0.1, 0.15) is 11.4 Å². The quantitative estimate of drug-likeness (QED) is 0.498. The maximum Gasteiger partial charge on any atom is 1.00 e. The van der Waals surface area contributed by atoms with Crippen LogP contribution >= 0.6 is 0 Å². The molecule has 0 unspecified atom stereocenters. The van der Waals surface area contributed by atoms with E-state index in [0.29, 0.717) is 0 Å². The SMILES string of the molecule is CN(C)Cc1ccc(CN(C)C)[n-]1.[Li+]. The first-order valence-corrected chi connectivity index (χ1v) is 4.49. The molecule has 0 spiro atoms. The average molecular weight is 187 g/mol. The second kappa shape index (κ2) is 6.31. The van der Waals surface area contributed by atoms with Crippen molar-refractivity contribution in [1.29, 1.82) is 0 Å². The first-order chi connectivity index (χ1) is 6.08. The molecule has 1 rings (SSSR count). The van der Waals surface area contributed by atoms with Gasteiger partial charge in [-0.25, -0.2) is 0 Å². The van der Waals surface area contributed by atoms with E-state index in [-0.39, 0.29) is 18.9 Å². The molecule has 0 N–H and O–H groups in total. The van der Waals surface area contributed by atoms with Crippen molar-refractivity contribution in [2.45, 2.75) is 13.1 Å². The van der Waals surface area contributed by atoms with Gasteiger partial charge in [0.05, 0.1) is 0 Å². The summed E-state index contributed by atoms with van der Waals surface area (Å²) >= 11 is 0. The van der Waals surface area contributed by atoms with Crippen molar-refractivity contribution >= 4 is 0 Å². The Morgan fingerprint density at radius 2 is 1.29 bits per heavy atom. The number of nitrogens with zero attached hydrogens (tertiary/aromatic N) is 3. The zero-order valence-corrected chi connectivity index (χ0v) is 9.91. The Hall–Kier alpha value is -0.203. The summed E-state index contributed by atoms with van der Waals surface area (Å²) in [5, 5.41) is 0. The Morgan fingerprint density at radius 3 is 1.57 bits per heavy atom. The molecule has 74 valence electrons. The molecular formula is C10H18LiN3. The number of hydrogen-bond donors (Lipinski definition) is 0. The minimum Gasteiger partial charge on any atom is -0.663 e. The summed E-state index contributed by atoms with van der Waals surface area (Å²) in [4.78, 5) is 8.76. The molecule has 0 radical (unpaired) electrons. The minimum atomic E-state index is 0. The van der Waals surface area contributed by atoms with E-state index in [1.165, 1.54) is 0 Å². The Balaban J connectivity index is 0.00000169. The van der Waals surface area contributed by atoms with Crippen molar-refractivity contribution in [3.8, 4) is 0 Å². The molecule has 0 aromatic carbocycles. The summed E-state index contributed by atoms with van der Waals surface area (Å²) in [6.07, 6.45) is 0. The molecule has 0 amide bonds. The van der Waals surface area contributed by atoms with Crippen molar-refractivity contribution in [2.24, 2.45) is 0 Å². The number of rotatable bonds is 4. The third-order valence-electron chi connectivity index (χ3n) is 1.71. The van der Waals surface area contributed by atoms with E-state index in [1.807, 2.05) is 0 Å². The van der Waals surface area contributed by atoms with Crippen molar-refractivity contribution < 1.29 is 18.9 Å². The molecule has 0 aliphatic heterocycles. The first kappa shape index (κ1) is 13.8. The van der Waals surface area contributed by atoms with E-state index in [9.17, 15) is 0 Å². The number of hydrogen-bond acceptors (Lipinski definition) is 2. The Kier molecular flexibility index (Phi) is 6.22. The summed E-state index contributed by atoms with van der Waals surface area (Å²) in [5.74, 6) is 0. The van der Waals surface area contributed by atoms with E-state index in [0.717, 1.165) is 24.5 Å². The van der Waals surface area contributed by atoms with Crippen molar-refractivity contribution in [1.82, 2.24) is 14.8 Å². The molecule has 1 heterocycles. The van der Waals surface area contributed by atoms with E-state index < -0.39 is 0 Å². The minimum absolute atomic E-state index is 0. The molecule has 0 fully saturated rings. The van der Waals surface area contributed by atoms with Gasteiger partial charge in [0.25, 0.3) is 0 Å². The summed E-state index contributed by atoms with van der Waals surface area (Å²) in [5.41, 5.74) is 2.31. The van der Waals surface area contributed by atoms with Gasteiger partial charge in [0.2, 0.25) is 0 Å². The third kappa shape index (κ3) is 4.87. The van der Waals surface area contributed by atoms with Gasteiger partial charge >= 0.3 is 18.9 Å². The summed E-state index contributed by atoms with van der Waals surface area (Å²) in [6, 6.07) is 4.19. The van der Waals surface area contributed by atoms with Crippen LogP contribution in [0.15, 0.2) is 12.1 Å². The third-order valence-corrected chi connectivity index (χ3v) is 1.71. The molecule has 4 heteroatoms. The van der Waals surface area contributed by atoms with E-state index in [4.69, 9.17) is 0 Å². The molecule has 3 nitrogen and oxygen atoms in total. The van der Waals surface area contributed by atoms with Gasteiger partial charge in [-0.3, -0.25) is 0 Å². The second-order valence-corrected chi connectivity index (χ2v) is 3.90. The summed E-state index contributed by atoms with van der Waals surface area (Å²) in [7, 11) is 8.22. The predicted molar refractivity (Wildman–Crippen MR) is 54.5 cm³/mol. The largest absolute Gasteiger partial charge is 1.00 e. The summed E-state index contributed by atoms with van der Waals surface area (Å²) in [6.45, 7) is 1.85. The van der Waals surface area contributed by atoms with Crippen LogP contribution < -0.4 is 23.8 Å². The predicted octanol–water partition coefficient (Wildman–Crippen LogP) is -2.23. The topological polar surface area (TPSA) is 20.6 Å². The van der Waals surface area contributed by atoms with Gasteiger partial charge in [-0.2, -0.15) is 0 Å². The molecule has 0 saturated heterocycles. The van der Waals surface area contributed by atoms with E-state index in [2.05, 4.69) is 55.1 Å². The fraction of sp³-hybridized carbons (Fsp3) is 0.600. The van der Waals surface area contributed by atoms with Crippen LogP contribution in [0.3, 0.4) is 0 Å². The van der Waals surface area contributed by atoms with Crippen molar-refractivity contribution in [2.75, 3.05) is 28.2 Å². The molecule has 0 saturated carbocycles. The Labute approximate surface area is 98.6 Å². The molecule has 0 aliphatic carbocycles. The van der Waals surface area contributed by atoms with E-state index in [1.54, 1.807) is 0 Å². The molecule has 0 aliphatic rings. The van der Waals surface area contributed by atoms with Crippen molar-refractivity contribution in [3.05, 3.63) is 23.5 Å². The normalized spacial score (nSPS) is 10.7. The van der Waals surface area contributed by atoms with Gasteiger partial charge in [0, 0.05) is 13.1 Å². The molecule has 14 heavy (non-hydrogen) atoms. The fourth-order valence-corrected chi connectivity index (χ4v) is 1.28. The Bertz CT molecular complexity index is 231. The van der Waals surface area contributed by atoms with Gasteiger partial charge in [0.15, 0.2) is 0 Å². The van der Waals surface area contributed by atoms with Crippen molar-refractivity contribution in [3.63, 3.8) is 0 Å². The molecule has 1 aromatic rings. The van der Waals surface area contributed by atoms with E-state index >= 15 is 0 Å². The molecule has 0 atom stereocenters. The monoisotopic (exact) mass is 187 g/mol. The van der Waals surface area contributed by atoms with Gasteiger partial charge in [-0.15, -0.1) is 11.4 Å². The zero-order valence-electron chi connectivity index (χ0n) is 9.91. The van der Waals surface area contributed by atoms with Gasteiger partial charge in [-0.1, -0.05) is 12.1 Å². The number of aromatic nitrogens is 1. The fourth-order valence-electron chi connectivity index (χ4n) is 1.28. The second-order valence-electron chi connectivity index (χ2n) is 3.90. The molecular weight excluding hydrogens is 169 g/mol. The van der Waals surface area contributed by atoms with Crippen LogP contribution in [0, 0.1) is 0 Å². The van der Waals surface area contributed by atoms with Crippen LogP contribution in [0.2, 0.25) is 0 Å². The molecule has 0 bridgehead atoms. The maximum absolute atomic E-state index is 4.51.